The number of cyclic esters (lactones) is 1. The van der Waals surface area contributed by atoms with E-state index < -0.39 is 42.1 Å². The first kappa shape index (κ1) is 19.0. The Labute approximate surface area is 156 Å². The van der Waals surface area contributed by atoms with Crippen LogP contribution in [0.1, 0.15) is 29.4 Å². The van der Waals surface area contributed by atoms with Crippen LogP contribution in [0.5, 0.6) is 0 Å². The molecule has 1 aliphatic heterocycles. The lowest BCUT2D eigenvalue weighted by Crippen LogP contribution is -2.39. The van der Waals surface area contributed by atoms with Crippen molar-refractivity contribution in [3.8, 4) is 0 Å². The molecular formula is C17H13ClF3N3O3. The molecule has 2 amide bonds. The van der Waals surface area contributed by atoms with Crippen LogP contribution in [0.2, 0.25) is 5.02 Å². The molecule has 3 rings (SSSR count). The van der Waals surface area contributed by atoms with Gasteiger partial charge < -0.3 is 15.4 Å². The Morgan fingerprint density at radius 2 is 1.96 bits per heavy atom. The van der Waals surface area contributed by atoms with E-state index in [0.717, 1.165) is 6.07 Å². The minimum Gasteiger partial charge on any atom is -0.434 e. The highest BCUT2D eigenvalue weighted by molar-refractivity contribution is 6.30. The van der Waals surface area contributed by atoms with Crippen LogP contribution < -0.4 is 10.6 Å². The second-order valence-corrected chi connectivity index (χ2v) is 6.11. The van der Waals surface area contributed by atoms with Gasteiger partial charge in [-0.3, -0.25) is 4.79 Å². The third-order valence-electron chi connectivity index (χ3n) is 3.86. The van der Waals surface area contributed by atoms with Crippen molar-refractivity contribution in [2.24, 2.45) is 0 Å². The van der Waals surface area contributed by atoms with Crippen molar-refractivity contribution in [2.75, 3.05) is 6.54 Å². The zero-order valence-electron chi connectivity index (χ0n) is 13.6. The standard InChI is InChI=1S/C17H13ClF3N3O3/c18-9-3-1-8(2-4-9)13(24-16(25)12-7-22-17(26)27-12)11-6-5-10(19)14(23-11)15(20)21/h1-6,12-13,15H,7H2,(H,22,26)(H,24,25)/t12?,13-/m0/s1. The number of nitrogens with one attached hydrogen (secondary N) is 2. The lowest BCUT2D eigenvalue weighted by atomic mass is 10.0. The molecule has 0 aliphatic carbocycles. The molecule has 1 aromatic carbocycles. The summed E-state index contributed by atoms with van der Waals surface area (Å²) in [5.41, 5.74) is -0.543. The maximum Gasteiger partial charge on any atom is 0.408 e. The number of carbonyl (C=O) groups excluding carboxylic acids is 2. The Morgan fingerprint density at radius 1 is 1.26 bits per heavy atom. The maximum absolute atomic E-state index is 13.6. The van der Waals surface area contributed by atoms with Crippen LogP contribution >= 0.6 is 11.6 Å². The number of rotatable bonds is 5. The highest BCUT2D eigenvalue weighted by Crippen LogP contribution is 2.26. The first-order chi connectivity index (χ1) is 12.8. The van der Waals surface area contributed by atoms with Gasteiger partial charge in [-0.25, -0.2) is 22.9 Å². The van der Waals surface area contributed by atoms with Crippen LogP contribution in [0.4, 0.5) is 18.0 Å². The van der Waals surface area contributed by atoms with E-state index in [1.807, 2.05) is 0 Å². The molecule has 0 bridgehead atoms. The van der Waals surface area contributed by atoms with Crippen LogP contribution in [0, 0.1) is 5.82 Å². The summed E-state index contributed by atoms with van der Waals surface area (Å²) in [5.74, 6) is -1.80. The SMILES string of the molecule is O=C1NCC(C(=O)N[C@@H](c2ccc(Cl)cc2)c2ccc(F)c(C(F)F)n2)O1. The zero-order chi connectivity index (χ0) is 19.6. The third kappa shape index (κ3) is 4.30. The molecule has 1 saturated heterocycles. The molecule has 142 valence electrons. The molecule has 1 fully saturated rings. The summed E-state index contributed by atoms with van der Waals surface area (Å²) >= 11 is 5.86. The van der Waals surface area contributed by atoms with Crippen molar-refractivity contribution in [1.29, 1.82) is 0 Å². The molecule has 27 heavy (non-hydrogen) atoms. The predicted octanol–water partition coefficient (Wildman–Crippen LogP) is 3.13. The Morgan fingerprint density at radius 3 is 2.56 bits per heavy atom. The normalized spacial score (nSPS) is 17.4. The Bertz CT molecular complexity index is 864. The van der Waals surface area contributed by atoms with E-state index in [1.165, 1.54) is 6.07 Å². The lowest BCUT2D eigenvalue weighted by Gasteiger charge is -2.21. The molecule has 1 aliphatic rings. The van der Waals surface area contributed by atoms with Crippen LogP contribution in [0.25, 0.3) is 0 Å². The van der Waals surface area contributed by atoms with E-state index in [4.69, 9.17) is 16.3 Å². The quantitative estimate of drug-likeness (QED) is 0.809. The second kappa shape index (κ2) is 7.83. The van der Waals surface area contributed by atoms with Gasteiger partial charge in [0.15, 0.2) is 11.9 Å². The van der Waals surface area contributed by atoms with Crippen LogP contribution in [-0.2, 0) is 9.53 Å². The fraction of sp³-hybridized carbons (Fsp3) is 0.235. The number of carbonyl (C=O) groups is 2. The average Bonchev–Trinajstić information content (AvgIpc) is 3.07. The molecule has 0 radical (unpaired) electrons. The minimum atomic E-state index is -3.12. The zero-order valence-corrected chi connectivity index (χ0v) is 14.3. The van der Waals surface area contributed by atoms with Crippen molar-refractivity contribution in [1.82, 2.24) is 15.6 Å². The highest BCUT2D eigenvalue weighted by Gasteiger charge is 2.32. The largest absolute Gasteiger partial charge is 0.434 e. The van der Waals surface area contributed by atoms with E-state index >= 15 is 0 Å². The first-order valence-corrected chi connectivity index (χ1v) is 8.17. The monoisotopic (exact) mass is 399 g/mol. The molecule has 0 spiro atoms. The summed E-state index contributed by atoms with van der Waals surface area (Å²) in [7, 11) is 0. The summed E-state index contributed by atoms with van der Waals surface area (Å²) in [5, 5.41) is 5.36. The summed E-state index contributed by atoms with van der Waals surface area (Å²) in [4.78, 5) is 27.2. The molecule has 0 saturated carbocycles. The van der Waals surface area contributed by atoms with Gasteiger partial charge in [-0.15, -0.1) is 0 Å². The molecule has 6 nitrogen and oxygen atoms in total. The van der Waals surface area contributed by atoms with Gasteiger partial charge >= 0.3 is 6.09 Å². The van der Waals surface area contributed by atoms with Crippen molar-refractivity contribution < 1.29 is 27.5 Å². The van der Waals surface area contributed by atoms with Crippen molar-refractivity contribution in [3.63, 3.8) is 0 Å². The number of ether oxygens (including phenoxy) is 1. The summed E-state index contributed by atoms with van der Waals surface area (Å²) in [6, 6.07) is 7.30. The first-order valence-electron chi connectivity index (χ1n) is 7.80. The van der Waals surface area contributed by atoms with Crippen LogP contribution in [0.15, 0.2) is 36.4 Å². The number of hydrogen-bond acceptors (Lipinski definition) is 4. The van der Waals surface area contributed by atoms with E-state index in [-0.39, 0.29) is 12.2 Å². The molecule has 2 aromatic rings. The minimum absolute atomic E-state index is 0.000319. The van der Waals surface area contributed by atoms with Gasteiger partial charge in [-0.1, -0.05) is 23.7 Å². The van der Waals surface area contributed by atoms with Gasteiger partial charge in [0, 0.05) is 5.02 Å². The van der Waals surface area contributed by atoms with Gasteiger partial charge in [0.2, 0.25) is 0 Å². The van der Waals surface area contributed by atoms with E-state index in [9.17, 15) is 22.8 Å². The Hall–Kier alpha value is -2.81. The molecule has 2 atom stereocenters. The number of alkyl halides is 2. The predicted molar refractivity (Wildman–Crippen MR) is 88.9 cm³/mol. The van der Waals surface area contributed by atoms with E-state index in [1.54, 1.807) is 24.3 Å². The number of hydrogen-bond donors (Lipinski definition) is 2. The number of alkyl carbamates (subject to hydrolysis) is 1. The van der Waals surface area contributed by atoms with Crippen LogP contribution in [0.3, 0.4) is 0 Å². The fourth-order valence-corrected chi connectivity index (χ4v) is 2.67. The molecular weight excluding hydrogens is 387 g/mol. The van der Waals surface area contributed by atoms with Crippen molar-refractivity contribution in [2.45, 2.75) is 18.6 Å². The van der Waals surface area contributed by atoms with Gasteiger partial charge in [-0.2, -0.15) is 0 Å². The number of pyridine rings is 1. The molecule has 2 heterocycles. The van der Waals surface area contributed by atoms with E-state index in [0.29, 0.717) is 10.6 Å². The topological polar surface area (TPSA) is 80.3 Å². The number of benzene rings is 1. The molecule has 1 unspecified atom stereocenters. The number of halogens is 4. The van der Waals surface area contributed by atoms with Crippen molar-refractivity contribution in [3.05, 3.63) is 64.2 Å². The average molecular weight is 400 g/mol. The van der Waals surface area contributed by atoms with Gasteiger partial charge in [-0.05, 0) is 29.8 Å². The number of nitrogens with zero attached hydrogens (tertiary/aromatic N) is 1. The summed E-state index contributed by atoms with van der Waals surface area (Å²) < 4.78 is 44.4. The molecule has 10 heteroatoms. The smallest absolute Gasteiger partial charge is 0.408 e. The maximum atomic E-state index is 13.6. The molecule has 2 N–H and O–H groups in total. The lowest BCUT2D eigenvalue weighted by molar-refractivity contribution is -0.128. The third-order valence-corrected chi connectivity index (χ3v) is 4.11. The van der Waals surface area contributed by atoms with Gasteiger partial charge in [0.05, 0.1) is 18.3 Å². The second-order valence-electron chi connectivity index (χ2n) is 5.67. The highest BCUT2D eigenvalue weighted by atomic mass is 35.5. The Balaban J connectivity index is 1.95. The van der Waals surface area contributed by atoms with Crippen molar-refractivity contribution >= 4 is 23.6 Å². The summed E-state index contributed by atoms with van der Waals surface area (Å²) in [6.45, 7) is -0.0306. The fourth-order valence-electron chi connectivity index (χ4n) is 2.54. The van der Waals surface area contributed by atoms with Crippen LogP contribution in [-0.4, -0.2) is 29.6 Å². The molecule has 1 aromatic heterocycles. The Kier molecular flexibility index (Phi) is 5.50. The summed E-state index contributed by atoms with van der Waals surface area (Å²) in [6.07, 6.45) is -4.94. The number of amides is 2. The van der Waals surface area contributed by atoms with Gasteiger partial charge in [0.25, 0.3) is 12.3 Å². The number of aromatic nitrogens is 1. The van der Waals surface area contributed by atoms with E-state index in [2.05, 4.69) is 15.6 Å². The van der Waals surface area contributed by atoms with Gasteiger partial charge in [0.1, 0.15) is 5.69 Å².